The molecule has 0 spiro atoms. The van der Waals surface area contributed by atoms with Crippen LogP contribution in [0.3, 0.4) is 0 Å². The Labute approximate surface area is 393 Å². The Bertz CT molecular complexity index is 1750. The van der Waals surface area contributed by atoms with Crippen LogP contribution in [0.25, 0.3) is 0 Å². The zero-order valence-electron chi connectivity index (χ0n) is 40.5. The van der Waals surface area contributed by atoms with Crippen LogP contribution in [0.15, 0.2) is 11.6 Å². The molecule has 0 aromatic heterocycles. The van der Waals surface area contributed by atoms with Crippen molar-refractivity contribution in [1.82, 2.24) is 0 Å². The lowest BCUT2D eigenvalue weighted by molar-refractivity contribution is -0.357. The van der Waals surface area contributed by atoms with Crippen LogP contribution in [-0.4, -0.2) is 197 Å². The molecule has 0 bridgehead atoms. The fraction of sp³-hybridized carbons (Fsp3) is 0.938. The lowest BCUT2D eigenvalue weighted by atomic mass is 9.43. The van der Waals surface area contributed by atoms with Crippen LogP contribution in [0.2, 0.25) is 0 Å². The largest absolute Gasteiger partial charge is 0.394 e. The van der Waals surface area contributed by atoms with Gasteiger partial charge in [-0.3, -0.25) is 4.79 Å². The number of rotatable bonds is 13. The van der Waals surface area contributed by atoms with Crippen LogP contribution >= 0.6 is 0 Å². The molecule has 3 unspecified atom stereocenters. The molecule has 0 aromatic carbocycles. The van der Waals surface area contributed by atoms with Gasteiger partial charge in [0.15, 0.2) is 25.2 Å². The Morgan fingerprint density at radius 1 is 0.701 bits per heavy atom. The number of ketones is 1. The van der Waals surface area contributed by atoms with E-state index in [1.165, 1.54) is 14.0 Å². The van der Waals surface area contributed by atoms with E-state index in [1.807, 2.05) is 13.8 Å². The number of carbonyl (C=O) groups is 1. The summed E-state index contributed by atoms with van der Waals surface area (Å²) in [6.07, 6.45) is -8.72. The van der Waals surface area contributed by atoms with E-state index in [4.69, 9.17) is 52.1 Å². The second kappa shape index (κ2) is 19.9. The molecule has 67 heavy (non-hydrogen) atoms. The summed E-state index contributed by atoms with van der Waals surface area (Å²) < 4.78 is 68.3. The van der Waals surface area contributed by atoms with Crippen LogP contribution in [0, 0.1) is 22.7 Å². The fourth-order valence-electron chi connectivity index (χ4n) is 13.8. The van der Waals surface area contributed by atoms with Crippen molar-refractivity contribution in [3.05, 3.63) is 11.6 Å². The number of hydrogen-bond donors (Lipinski definition) is 7. The Hall–Kier alpha value is -1.31. The summed E-state index contributed by atoms with van der Waals surface area (Å²) in [6, 6.07) is 0. The van der Waals surface area contributed by atoms with E-state index in [2.05, 4.69) is 13.0 Å². The van der Waals surface area contributed by atoms with Crippen molar-refractivity contribution in [2.45, 2.75) is 234 Å². The minimum Gasteiger partial charge on any atom is -0.394 e. The molecule has 4 aliphatic heterocycles. The quantitative estimate of drug-likeness (QED) is 0.128. The Morgan fingerprint density at radius 3 is 1.73 bits per heavy atom. The van der Waals surface area contributed by atoms with E-state index in [-0.39, 0.29) is 43.2 Å². The molecule has 4 saturated heterocycles. The van der Waals surface area contributed by atoms with Gasteiger partial charge in [0.1, 0.15) is 59.7 Å². The van der Waals surface area contributed by atoms with Gasteiger partial charge >= 0.3 is 0 Å². The average Bonchev–Trinajstić information content (AvgIpc) is 3.59. The summed E-state index contributed by atoms with van der Waals surface area (Å²) in [5.41, 5.74) is -3.52. The minimum absolute atomic E-state index is 0.0627. The highest BCUT2D eigenvalue weighted by Crippen LogP contribution is 2.69. The van der Waals surface area contributed by atoms with Gasteiger partial charge in [-0.25, -0.2) is 0 Å². The van der Waals surface area contributed by atoms with Crippen molar-refractivity contribution < 1.29 is 92.6 Å². The molecule has 0 amide bonds. The van der Waals surface area contributed by atoms with Gasteiger partial charge in [0.05, 0.1) is 55.4 Å². The normalized spacial score (nSPS) is 53.6. The van der Waals surface area contributed by atoms with Crippen molar-refractivity contribution in [2.75, 3.05) is 27.9 Å². The second-order valence-electron chi connectivity index (χ2n) is 21.3. The van der Waals surface area contributed by atoms with Crippen molar-refractivity contribution in [1.29, 1.82) is 0 Å². The predicted octanol–water partition coefficient (Wildman–Crippen LogP) is 1.15. The third-order valence-corrected chi connectivity index (χ3v) is 17.8. The number of carbonyl (C=O) groups excluding carboxylic acids is 1. The molecule has 8 aliphatic rings. The number of fused-ring (bicyclic) bond motifs is 5. The molecule has 7 fully saturated rings. The van der Waals surface area contributed by atoms with Gasteiger partial charge in [0, 0.05) is 57.8 Å². The molecule has 0 aromatic rings. The third kappa shape index (κ3) is 8.93. The lowest BCUT2D eigenvalue weighted by Gasteiger charge is -2.66. The van der Waals surface area contributed by atoms with Crippen molar-refractivity contribution in [3.8, 4) is 0 Å². The number of Topliss-reactive ketones (excluding diaryl/α,β-unsaturated/α-hetero) is 1. The Kier molecular flexibility index (Phi) is 15.5. The summed E-state index contributed by atoms with van der Waals surface area (Å²) in [6.45, 7) is 10.4. The van der Waals surface area contributed by atoms with Gasteiger partial charge in [-0.05, 0) is 78.1 Å². The van der Waals surface area contributed by atoms with Gasteiger partial charge in [-0.2, -0.15) is 0 Å². The molecular weight excluding hydrogens is 881 g/mol. The van der Waals surface area contributed by atoms with E-state index < -0.39 is 139 Å². The lowest BCUT2D eigenvalue weighted by Crippen LogP contribution is -2.75. The summed E-state index contributed by atoms with van der Waals surface area (Å²) >= 11 is 0. The maximum absolute atomic E-state index is 12.7. The molecule has 4 aliphatic carbocycles. The summed E-state index contributed by atoms with van der Waals surface area (Å²) in [7, 11) is 4.76. The summed E-state index contributed by atoms with van der Waals surface area (Å²) in [4.78, 5) is 12.7. The number of aliphatic hydroxyl groups is 7. The molecule has 4 heterocycles. The van der Waals surface area contributed by atoms with Crippen LogP contribution in [0.5, 0.6) is 0 Å². The molecular formula is C48H78O19. The van der Waals surface area contributed by atoms with E-state index in [0.29, 0.717) is 44.9 Å². The van der Waals surface area contributed by atoms with E-state index in [1.54, 1.807) is 28.1 Å². The second-order valence-corrected chi connectivity index (χ2v) is 21.3. The van der Waals surface area contributed by atoms with Crippen LogP contribution in [0.4, 0.5) is 0 Å². The highest BCUT2D eigenvalue weighted by atomic mass is 16.8. The van der Waals surface area contributed by atoms with Gasteiger partial charge in [-0.15, -0.1) is 0 Å². The highest BCUT2D eigenvalue weighted by molar-refractivity contribution is 5.80. The Balaban J connectivity index is 0.845. The van der Waals surface area contributed by atoms with Gasteiger partial charge in [-0.1, -0.05) is 25.5 Å². The predicted molar refractivity (Wildman–Crippen MR) is 233 cm³/mol. The monoisotopic (exact) mass is 959 g/mol. The van der Waals surface area contributed by atoms with Gasteiger partial charge in [0.25, 0.3) is 0 Å². The summed E-state index contributed by atoms with van der Waals surface area (Å²) in [5.74, 6) is -0.962. The first kappa shape index (κ1) is 52.0. The maximum atomic E-state index is 12.7. The zero-order chi connectivity index (χ0) is 48.5. The highest BCUT2D eigenvalue weighted by Gasteiger charge is 2.76. The molecule has 19 nitrogen and oxygen atoms in total. The topological polar surface area (TPSA) is 260 Å². The number of hydrogen-bond acceptors (Lipinski definition) is 19. The molecule has 19 heteroatoms. The molecule has 7 N–H and O–H groups in total. The van der Waals surface area contributed by atoms with E-state index in [9.17, 15) is 40.5 Å². The number of ether oxygens (including phenoxy) is 11. The third-order valence-electron chi connectivity index (χ3n) is 17.8. The molecule has 3 saturated carbocycles. The number of aliphatic hydroxyl groups excluding tert-OH is 5. The van der Waals surface area contributed by atoms with E-state index in [0.717, 1.165) is 5.57 Å². The van der Waals surface area contributed by atoms with Gasteiger partial charge in [0.2, 0.25) is 0 Å². The first-order valence-electron chi connectivity index (χ1n) is 24.5. The molecule has 25 atom stereocenters. The first-order valence-corrected chi connectivity index (χ1v) is 24.5. The SMILES string of the molecule is CO[C@H]1CC(O[C@H]2CC[C@@]3(C)C(=CC[C@]4(O)[C@@H]3C[C@@H](O)[C@]3(C)[C@@H](C(C)=O)CC[C@@]34O)C2)O[C@H](C)[C@H]1OC1C[C@H](OC)[C@H](OC2C[C@@H](OC)[C@@H](O[C@@H]3O[C@H](CO)[C@@H](O)[C@H](O)[C@H]3O)[C@@H](C)O2)[C@@H](C)O1. The zero-order valence-corrected chi connectivity index (χ0v) is 40.5. The smallest absolute Gasteiger partial charge is 0.187 e. The molecule has 0 radical (unpaired) electrons. The average molecular weight is 959 g/mol. The molecule has 8 rings (SSSR count). The number of methoxy groups -OCH3 is 3. The summed E-state index contributed by atoms with van der Waals surface area (Å²) in [5, 5.41) is 77.3. The fourth-order valence-corrected chi connectivity index (χ4v) is 13.8. The van der Waals surface area contributed by atoms with Crippen molar-refractivity contribution >= 4 is 5.78 Å². The molecule has 384 valence electrons. The first-order chi connectivity index (χ1) is 31.7. The van der Waals surface area contributed by atoms with Crippen LogP contribution < -0.4 is 0 Å². The maximum Gasteiger partial charge on any atom is 0.187 e. The van der Waals surface area contributed by atoms with Crippen molar-refractivity contribution in [3.63, 3.8) is 0 Å². The standard InChI is InChI=1S/C48H78O19/c1-22(50)28-12-15-48(56)46(28,6)34(51)20-33-45(5)13-11-27(16-26(45)10-14-47(33,48)55)63-35-17-29(57-7)41(23(2)60-35)65-36-18-30(58-8)42(24(3)61-36)66-37-19-31(59-9)43(25(4)62-37)67-44-40(54)39(53)38(52)32(21-49)64-44/h10,23-25,27-44,49,51-56H,11-21H2,1-9H3/t23-,24-,25-,27+,28-,29+,30+,31-,32-,33-,34-,35?,36?,37?,38-,39+,40-,41-,42-,43+,44+,45+,46+,47+,48-/m1/s1. The van der Waals surface area contributed by atoms with Gasteiger partial charge < -0.3 is 87.9 Å². The van der Waals surface area contributed by atoms with Crippen LogP contribution in [-0.2, 0) is 56.9 Å². The minimum atomic E-state index is -1.60. The van der Waals surface area contributed by atoms with Crippen LogP contribution in [0.1, 0.15) is 106 Å². The van der Waals surface area contributed by atoms with E-state index >= 15 is 0 Å². The Morgan fingerprint density at radius 2 is 1.22 bits per heavy atom. The van der Waals surface area contributed by atoms with Crippen molar-refractivity contribution in [2.24, 2.45) is 22.7 Å².